The van der Waals surface area contributed by atoms with E-state index in [1.807, 2.05) is 6.92 Å². The van der Waals surface area contributed by atoms with E-state index in [1.54, 1.807) is 0 Å². The summed E-state index contributed by atoms with van der Waals surface area (Å²) in [5.41, 5.74) is -1.30. The van der Waals surface area contributed by atoms with Gasteiger partial charge >= 0.3 is 6.18 Å². The number of carbonyl (C=O) groups is 1. The molecule has 0 aromatic heterocycles. The zero-order chi connectivity index (χ0) is 15.2. The molecule has 8 heteroatoms. The van der Waals surface area contributed by atoms with Crippen molar-refractivity contribution < 1.29 is 18.0 Å². The summed E-state index contributed by atoms with van der Waals surface area (Å²) in [6, 6.07) is 3.49. The molecule has 0 atom stereocenters. The molecule has 0 fully saturated rings. The molecule has 0 unspecified atom stereocenters. The maximum absolute atomic E-state index is 12.9. The Balaban J connectivity index is 0.00000400. The molecule has 0 spiro atoms. The van der Waals surface area contributed by atoms with Crippen molar-refractivity contribution in [3.05, 3.63) is 33.8 Å². The maximum atomic E-state index is 12.9. The molecule has 0 aliphatic heterocycles. The molecule has 21 heavy (non-hydrogen) atoms. The second-order valence-electron chi connectivity index (χ2n) is 4.19. The lowest BCUT2D eigenvalue weighted by atomic mass is 10.1. The number of halogens is 5. The first-order valence-corrected chi connectivity index (χ1v) is 7.01. The average Bonchev–Trinajstić information content (AvgIpc) is 2.37. The summed E-state index contributed by atoms with van der Waals surface area (Å²) in [5, 5.41) is 5.52. The molecule has 2 N–H and O–H groups in total. The van der Waals surface area contributed by atoms with Gasteiger partial charge in [-0.25, -0.2) is 0 Å². The molecule has 120 valence electrons. The number of benzene rings is 1. The lowest BCUT2D eigenvalue weighted by Crippen LogP contribution is -2.33. The van der Waals surface area contributed by atoms with E-state index in [2.05, 4.69) is 26.6 Å². The van der Waals surface area contributed by atoms with Crippen LogP contribution in [0.5, 0.6) is 0 Å². The number of nitrogens with one attached hydrogen (secondary N) is 2. The molecule has 1 rings (SSSR count). The van der Waals surface area contributed by atoms with Gasteiger partial charge in [-0.05, 0) is 31.2 Å². The van der Waals surface area contributed by atoms with Crippen LogP contribution in [0.15, 0.2) is 22.7 Å². The molecular formula is C13H17BrClF3N2O. The quantitative estimate of drug-likeness (QED) is 0.730. The van der Waals surface area contributed by atoms with E-state index in [0.29, 0.717) is 6.54 Å². The van der Waals surface area contributed by atoms with E-state index in [-0.39, 0.29) is 29.0 Å². The number of amides is 1. The molecule has 0 radical (unpaired) electrons. The normalized spacial score (nSPS) is 10.9. The van der Waals surface area contributed by atoms with Crippen LogP contribution in [0.4, 0.5) is 13.2 Å². The van der Waals surface area contributed by atoms with Crippen molar-refractivity contribution in [2.45, 2.75) is 19.5 Å². The van der Waals surface area contributed by atoms with Crippen LogP contribution in [-0.4, -0.2) is 25.5 Å². The number of hydrogen-bond acceptors (Lipinski definition) is 2. The highest BCUT2D eigenvalue weighted by Gasteiger charge is 2.35. The van der Waals surface area contributed by atoms with Gasteiger partial charge in [-0.1, -0.05) is 22.9 Å². The summed E-state index contributed by atoms with van der Waals surface area (Å²) in [5.74, 6) is -0.719. The molecule has 0 saturated carbocycles. The number of carbonyl (C=O) groups excluding carboxylic acids is 1. The number of alkyl halides is 3. The van der Waals surface area contributed by atoms with Gasteiger partial charge < -0.3 is 10.6 Å². The van der Waals surface area contributed by atoms with Crippen LogP contribution in [0.3, 0.4) is 0 Å². The Bertz CT molecular complexity index is 469. The maximum Gasteiger partial charge on any atom is 0.417 e. The Labute approximate surface area is 136 Å². The van der Waals surface area contributed by atoms with Gasteiger partial charge in [0.05, 0.1) is 11.1 Å². The second kappa shape index (κ2) is 9.27. The summed E-state index contributed by atoms with van der Waals surface area (Å²) in [4.78, 5) is 11.8. The van der Waals surface area contributed by atoms with Crippen molar-refractivity contribution >= 4 is 34.2 Å². The summed E-state index contributed by atoms with van der Waals surface area (Å²) in [6.45, 7) is 3.62. The van der Waals surface area contributed by atoms with Crippen LogP contribution < -0.4 is 10.6 Å². The van der Waals surface area contributed by atoms with E-state index in [9.17, 15) is 18.0 Å². The van der Waals surface area contributed by atoms with E-state index in [4.69, 9.17) is 0 Å². The largest absolute Gasteiger partial charge is 0.417 e. The fourth-order valence-electron chi connectivity index (χ4n) is 1.61. The molecule has 1 aromatic carbocycles. The molecular weight excluding hydrogens is 373 g/mol. The van der Waals surface area contributed by atoms with Gasteiger partial charge in [0.25, 0.3) is 5.91 Å². The van der Waals surface area contributed by atoms with E-state index < -0.39 is 17.6 Å². The summed E-state index contributed by atoms with van der Waals surface area (Å²) in [6.07, 6.45) is -3.60. The van der Waals surface area contributed by atoms with Gasteiger partial charge in [-0.3, -0.25) is 4.79 Å². The monoisotopic (exact) mass is 388 g/mol. The summed E-state index contributed by atoms with van der Waals surface area (Å²) in [7, 11) is 0. The van der Waals surface area contributed by atoms with E-state index in [0.717, 1.165) is 19.0 Å². The first-order chi connectivity index (χ1) is 9.36. The van der Waals surface area contributed by atoms with Crippen LogP contribution in [0, 0.1) is 0 Å². The Morgan fingerprint density at radius 2 is 1.90 bits per heavy atom. The molecule has 0 saturated heterocycles. The molecule has 0 heterocycles. The second-order valence-corrected chi connectivity index (χ2v) is 5.11. The van der Waals surface area contributed by atoms with E-state index >= 15 is 0 Å². The smallest absolute Gasteiger partial charge is 0.351 e. The minimum atomic E-state index is -4.56. The van der Waals surface area contributed by atoms with Gasteiger partial charge in [-0.2, -0.15) is 13.2 Å². The molecule has 1 aromatic rings. The predicted octanol–water partition coefficient (Wildman–Crippen LogP) is 3.62. The third kappa shape index (κ3) is 6.67. The van der Waals surface area contributed by atoms with Crippen molar-refractivity contribution in [1.29, 1.82) is 0 Å². The zero-order valence-corrected chi connectivity index (χ0v) is 13.8. The summed E-state index contributed by atoms with van der Waals surface area (Å²) >= 11 is 2.98. The molecule has 3 nitrogen and oxygen atoms in total. The van der Waals surface area contributed by atoms with Gasteiger partial charge in [0, 0.05) is 17.6 Å². The van der Waals surface area contributed by atoms with Gasteiger partial charge in [0.2, 0.25) is 0 Å². The molecule has 0 aliphatic carbocycles. The fourth-order valence-corrected chi connectivity index (χ4v) is 1.97. The number of hydrogen-bond donors (Lipinski definition) is 2. The first-order valence-electron chi connectivity index (χ1n) is 6.22. The summed E-state index contributed by atoms with van der Waals surface area (Å²) < 4.78 is 38.9. The third-order valence-electron chi connectivity index (χ3n) is 2.55. The minimum Gasteiger partial charge on any atom is -0.351 e. The van der Waals surface area contributed by atoms with Crippen LogP contribution in [0.25, 0.3) is 0 Å². The van der Waals surface area contributed by atoms with Crippen LogP contribution >= 0.6 is 28.3 Å². The highest BCUT2D eigenvalue weighted by atomic mass is 79.9. The third-order valence-corrected chi connectivity index (χ3v) is 3.04. The van der Waals surface area contributed by atoms with Crippen molar-refractivity contribution in [2.75, 3.05) is 19.6 Å². The van der Waals surface area contributed by atoms with Crippen molar-refractivity contribution in [3.8, 4) is 0 Å². The van der Waals surface area contributed by atoms with Gasteiger partial charge in [0.1, 0.15) is 0 Å². The zero-order valence-electron chi connectivity index (χ0n) is 11.4. The Hall–Kier alpha value is -0.790. The number of rotatable bonds is 6. The first kappa shape index (κ1) is 20.2. The van der Waals surface area contributed by atoms with Crippen LogP contribution in [0.1, 0.15) is 29.3 Å². The Kier molecular flexibility index (Phi) is 8.92. The Morgan fingerprint density at radius 3 is 2.48 bits per heavy atom. The lowest BCUT2D eigenvalue weighted by molar-refractivity contribution is -0.138. The molecule has 0 bridgehead atoms. The Morgan fingerprint density at radius 1 is 1.24 bits per heavy atom. The van der Waals surface area contributed by atoms with Crippen LogP contribution in [-0.2, 0) is 6.18 Å². The predicted molar refractivity (Wildman–Crippen MR) is 81.9 cm³/mol. The van der Waals surface area contributed by atoms with Gasteiger partial charge in [-0.15, -0.1) is 12.4 Å². The van der Waals surface area contributed by atoms with E-state index in [1.165, 1.54) is 12.1 Å². The highest BCUT2D eigenvalue weighted by Crippen LogP contribution is 2.33. The SMILES string of the molecule is CCCNCCNC(=O)c1ccc(Br)cc1C(F)(F)F.Cl. The fraction of sp³-hybridized carbons (Fsp3) is 0.462. The topological polar surface area (TPSA) is 41.1 Å². The average molecular weight is 390 g/mol. The lowest BCUT2D eigenvalue weighted by Gasteiger charge is -2.13. The molecule has 0 aliphatic rings. The minimum absolute atomic E-state index is 0. The highest BCUT2D eigenvalue weighted by molar-refractivity contribution is 9.10. The standard InChI is InChI=1S/C13H16BrF3N2O.ClH/c1-2-5-18-6-7-19-12(20)10-4-3-9(14)8-11(10)13(15,16)17;/h3-4,8,18H,2,5-7H2,1H3,(H,19,20);1H. The van der Waals surface area contributed by atoms with Crippen LogP contribution in [0.2, 0.25) is 0 Å². The van der Waals surface area contributed by atoms with Crippen molar-refractivity contribution in [2.24, 2.45) is 0 Å². The molecule has 1 amide bonds. The van der Waals surface area contributed by atoms with Gasteiger partial charge in [0.15, 0.2) is 0 Å². The van der Waals surface area contributed by atoms with Crippen molar-refractivity contribution in [3.63, 3.8) is 0 Å². The van der Waals surface area contributed by atoms with Crippen molar-refractivity contribution in [1.82, 2.24) is 10.6 Å².